The van der Waals surface area contributed by atoms with Crippen LogP contribution >= 0.6 is 0 Å². The summed E-state index contributed by atoms with van der Waals surface area (Å²) in [5, 5.41) is 10.2. The number of halogens is 3. The molecular weight excluding hydrogens is 739 g/mol. The number of nitrogens with one attached hydrogen (secondary N) is 4. The summed E-state index contributed by atoms with van der Waals surface area (Å²) in [5.41, 5.74) is 8.12. The third kappa shape index (κ3) is 9.92. The molecule has 15 heteroatoms. The Labute approximate surface area is 327 Å². The predicted octanol–water partition coefficient (Wildman–Crippen LogP) is 8.13. The first-order valence-corrected chi connectivity index (χ1v) is 18.3. The third-order valence-corrected chi connectivity index (χ3v) is 9.64. The van der Waals surface area contributed by atoms with Crippen LogP contribution in [0.25, 0.3) is 21.8 Å². The first-order chi connectivity index (χ1) is 27.5. The van der Waals surface area contributed by atoms with Crippen LogP contribution in [0, 0.1) is 0 Å². The number of amides is 2. The highest BCUT2D eigenvalue weighted by Gasteiger charge is 2.36. The van der Waals surface area contributed by atoms with Gasteiger partial charge in [0.25, 0.3) is 0 Å². The number of benzene rings is 4. The number of urea groups is 1. The van der Waals surface area contributed by atoms with Crippen molar-refractivity contribution in [1.82, 2.24) is 15.3 Å². The number of ether oxygens (including phenoxy) is 3. The van der Waals surface area contributed by atoms with Gasteiger partial charge in [0, 0.05) is 77.0 Å². The minimum absolute atomic E-state index is 0.0266. The molecule has 6 aromatic rings. The number of H-pyrrole nitrogens is 1. The van der Waals surface area contributed by atoms with E-state index in [2.05, 4.69) is 25.9 Å². The third-order valence-electron chi connectivity index (χ3n) is 9.64. The van der Waals surface area contributed by atoms with Crippen LogP contribution in [0.2, 0.25) is 0 Å². The van der Waals surface area contributed by atoms with Gasteiger partial charge in [-0.2, -0.15) is 13.2 Å². The van der Waals surface area contributed by atoms with E-state index in [0.717, 1.165) is 41.7 Å². The number of aromatic amines is 1. The topological polar surface area (TPSA) is 156 Å². The normalized spacial score (nSPS) is 13.7. The van der Waals surface area contributed by atoms with Gasteiger partial charge in [0.2, 0.25) is 0 Å². The Kier molecular flexibility index (Phi) is 12.8. The van der Waals surface area contributed by atoms with Crippen molar-refractivity contribution in [2.45, 2.75) is 37.5 Å². The highest BCUT2D eigenvalue weighted by Crippen LogP contribution is 2.40. The van der Waals surface area contributed by atoms with E-state index in [1.54, 1.807) is 53.6 Å². The fourth-order valence-corrected chi connectivity index (χ4v) is 6.72. The molecule has 0 aliphatic carbocycles. The van der Waals surface area contributed by atoms with Crippen molar-refractivity contribution in [3.05, 3.63) is 108 Å². The summed E-state index contributed by atoms with van der Waals surface area (Å²) in [6.45, 7) is 1.02. The number of nitrogens with two attached hydrogens (primary N) is 1. The van der Waals surface area contributed by atoms with Crippen LogP contribution in [0.5, 0.6) is 23.0 Å². The monoisotopic (exact) mass is 783 g/mol. The molecule has 1 aliphatic rings. The summed E-state index contributed by atoms with van der Waals surface area (Å²) in [7, 11) is 4.93. The van der Waals surface area contributed by atoms with Crippen molar-refractivity contribution in [2.24, 2.45) is 5.73 Å². The molecule has 0 radical (unpaired) electrons. The Morgan fingerprint density at radius 2 is 1.65 bits per heavy atom. The van der Waals surface area contributed by atoms with E-state index in [0.29, 0.717) is 59.1 Å². The first kappa shape index (κ1) is 40.3. The number of fused-ring (bicyclic) bond motifs is 2. The zero-order valence-electron chi connectivity index (χ0n) is 31.7. The number of aromatic nitrogens is 2. The number of hydrogen-bond acceptors (Lipinski definition) is 9. The lowest BCUT2D eigenvalue weighted by molar-refractivity contribution is -0.137. The van der Waals surface area contributed by atoms with Crippen molar-refractivity contribution in [1.29, 1.82) is 0 Å². The number of piperidine rings is 1. The molecule has 12 nitrogen and oxygen atoms in total. The van der Waals surface area contributed by atoms with Crippen LogP contribution in [-0.2, 0) is 17.4 Å². The molecule has 1 saturated heterocycles. The SMILES string of the molecule is CNC1CCN(c2ccc(NC(=O)Nc3cccc(Oc4ccnc5cc(OC)c(OC)cc45)c3)cc2C(F)(F)F)CC1.NC(C=O)Cc1c[nH]c2ccccc12. The van der Waals surface area contributed by atoms with Gasteiger partial charge in [0.05, 0.1) is 31.3 Å². The van der Waals surface area contributed by atoms with Gasteiger partial charge in [0.15, 0.2) is 11.5 Å². The lowest BCUT2D eigenvalue weighted by atomic mass is 10.0. The number of para-hydroxylation sites is 1. The number of carbonyl (C=O) groups is 2. The molecule has 3 heterocycles. The maximum absolute atomic E-state index is 14.0. The molecule has 57 heavy (non-hydrogen) atoms. The zero-order valence-corrected chi connectivity index (χ0v) is 31.7. The molecule has 1 aliphatic heterocycles. The summed E-state index contributed by atoms with van der Waals surface area (Å²) in [6, 6.07) is 22.9. The molecule has 2 amide bonds. The Bertz CT molecular complexity index is 2330. The molecule has 1 atom stereocenters. The van der Waals surface area contributed by atoms with Crippen molar-refractivity contribution in [3.63, 3.8) is 0 Å². The first-order valence-electron chi connectivity index (χ1n) is 18.3. The fraction of sp³-hybridized carbons (Fsp3) is 0.262. The maximum atomic E-state index is 14.0. The summed E-state index contributed by atoms with van der Waals surface area (Å²) < 4.78 is 58.9. The Morgan fingerprint density at radius 1 is 0.930 bits per heavy atom. The van der Waals surface area contributed by atoms with E-state index in [4.69, 9.17) is 19.9 Å². The molecule has 0 bridgehead atoms. The van der Waals surface area contributed by atoms with E-state index >= 15 is 0 Å². The fourth-order valence-electron chi connectivity index (χ4n) is 6.72. The van der Waals surface area contributed by atoms with Gasteiger partial charge in [0.1, 0.15) is 17.8 Å². The van der Waals surface area contributed by atoms with E-state index in [1.165, 1.54) is 26.4 Å². The minimum Gasteiger partial charge on any atom is -0.493 e. The van der Waals surface area contributed by atoms with Crippen LogP contribution in [0.15, 0.2) is 97.3 Å². The highest BCUT2D eigenvalue weighted by molar-refractivity contribution is 6.00. The molecule has 6 N–H and O–H groups in total. The van der Waals surface area contributed by atoms with E-state index in [9.17, 15) is 22.8 Å². The largest absolute Gasteiger partial charge is 0.493 e. The summed E-state index contributed by atoms with van der Waals surface area (Å²) in [6.07, 6.45) is 1.80. The predicted molar refractivity (Wildman–Crippen MR) is 216 cm³/mol. The molecule has 298 valence electrons. The summed E-state index contributed by atoms with van der Waals surface area (Å²) in [5.74, 6) is 1.97. The van der Waals surface area contributed by atoms with Crippen LogP contribution in [0.4, 0.5) is 35.0 Å². The second-order valence-electron chi connectivity index (χ2n) is 13.4. The molecule has 7 rings (SSSR count). The molecule has 0 spiro atoms. The van der Waals surface area contributed by atoms with E-state index in [-0.39, 0.29) is 17.4 Å². The van der Waals surface area contributed by atoms with Gasteiger partial charge >= 0.3 is 12.2 Å². The zero-order chi connectivity index (χ0) is 40.5. The number of methoxy groups -OCH3 is 2. The second-order valence-corrected chi connectivity index (χ2v) is 13.4. The highest BCUT2D eigenvalue weighted by atomic mass is 19.4. The van der Waals surface area contributed by atoms with Gasteiger partial charge < -0.3 is 50.6 Å². The molecule has 4 aromatic carbocycles. The Balaban J connectivity index is 0.000000328. The average Bonchev–Trinajstić information content (AvgIpc) is 3.62. The maximum Gasteiger partial charge on any atom is 0.418 e. The van der Waals surface area contributed by atoms with Gasteiger partial charge in [-0.05, 0) is 80.4 Å². The number of pyridine rings is 1. The van der Waals surface area contributed by atoms with Crippen molar-refractivity contribution in [2.75, 3.05) is 49.9 Å². The Morgan fingerprint density at radius 3 is 2.35 bits per heavy atom. The summed E-state index contributed by atoms with van der Waals surface area (Å²) in [4.78, 5) is 32.5. The number of alkyl halides is 3. The summed E-state index contributed by atoms with van der Waals surface area (Å²) >= 11 is 0. The lowest BCUT2D eigenvalue weighted by Gasteiger charge is -2.35. The number of rotatable bonds is 11. The number of carbonyl (C=O) groups excluding carboxylic acids is 2. The van der Waals surface area contributed by atoms with Gasteiger partial charge in [-0.25, -0.2) is 4.79 Å². The van der Waals surface area contributed by atoms with E-state index < -0.39 is 23.8 Å². The number of nitrogens with zero attached hydrogens (tertiary/aromatic N) is 2. The quantitative estimate of drug-likeness (QED) is 0.0820. The smallest absolute Gasteiger partial charge is 0.418 e. The van der Waals surface area contributed by atoms with Gasteiger partial charge in [-0.15, -0.1) is 0 Å². The molecule has 0 saturated carbocycles. The van der Waals surface area contributed by atoms with Crippen molar-refractivity contribution < 1.29 is 37.0 Å². The van der Waals surface area contributed by atoms with E-state index in [1.807, 2.05) is 37.5 Å². The lowest BCUT2D eigenvalue weighted by Crippen LogP contribution is -2.41. The van der Waals surface area contributed by atoms with Crippen LogP contribution < -0.4 is 40.8 Å². The number of hydrogen-bond donors (Lipinski definition) is 5. The molecule has 1 fully saturated rings. The van der Waals surface area contributed by atoms with Crippen LogP contribution in [0.3, 0.4) is 0 Å². The molecule has 2 aromatic heterocycles. The van der Waals surface area contributed by atoms with Gasteiger partial charge in [-0.3, -0.25) is 4.98 Å². The van der Waals surface area contributed by atoms with Crippen LogP contribution in [-0.4, -0.2) is 68.7 Å². The van der Waals surface area contributed by atoms with Crippen LogP contribution in [0.1, 0.15) is 24.0 Å². The standard InChI is InChI=1S/C31H32F3N5O4.C11H12N2O/c1-35-19-10-13-39(14-11-19)26-8-7-21(16-24(26)31(32,33)34)38-30(40)37-20-5-4-6-22(15-20)43-27-9-12-36-25-18-29(42-3)28(41-2)17-23(25)27;12-9(7-14)5-8-6-13-11-4-2-1-3-10(8)11/h4-9,12,15-19,35H,10-11,13-14H2,1-3H3,(H2,37,38,40);1-4,6-7,9,13H,5,12H2. The molecular formula is C42H44F3N7O5. The van der Waals surface area contributed by atoms with Crippen molar-refractivity contribution >= 4 is 51.2 Å². The molecule has 1 unspecified atom stereocenters. The number of anilines is 3. The second kappa shape index (κ2) is 18.1. The van der Waals surface area contributed by atoms with Crippen molar-refractivity contribution in [3.8, 4) is 23.0 Å². The minimum atomic E-state index is -4.58. The Hall–Kier alpha value is -6.32. The average molecular weight is 784 g/mol. The van der Waals surface area contributed by atoms with Gasteiger partial charge in [-0.1, -0.05) is 24.3 Å². The number of aldehydes is 1.